The normalized spacial score (nSPS) is 42.5. The van der Waals surface area contributed by atoms with Crippen LogP contribution in [0, 0.1) is 23.7 Å². The molecule has 2 bridgehead atoms. The molecule has 29 heavy (non-hydrogen) atoms. The smallest absolute Gasteiger partial charge is 0.237 e. The molecular formula is C19H12Cl7NO2. The van der Waals surface area contributed by atoms with E-state index in [1.54, 1.807) is 24.3 Å². The molecular weight excluding hydrogens is 522 g/mol. The van der Waals surface area contributed by atoms with Crippen LogP contribution >= 0.6 is 81.2 Å². The quantitative estimate of drug-likeness (QED) is 0.313. The summed E-state index contributed by atoms with van der Waals surface area (Å²) in [4.78, 5) is 24.8. The average Bonchev–Trinajstić information content (AvgIpc) is 3.04. The number of hydrogen-bond acceptors (Lipinski definition) is 2. The van der Waals surface area contributed by atoms with E-state index in [2.05, 4.69) is 0 Å². The lowest BCUT2D eigenvalue weighted by Crippen LogP contribution is -2.44. The van der Waals surface area contributed by atoms with Crippen LogP contribution in [-0.4, -0.2) is 25.9 Å². The van der Waals surface area contributed by atoms with Crippen LogP contribution in [0.15, 0.2) is 34.3 Å². The Morgan fingerprint density at radius 3 is 1.69 bits per heavy atom. The van der Waals surface area contributed by atoms with Crippen molar-refractivity contribution in [2.75, 3.05) is 4.90 Å². The number of allylic oxidation sites excluding steroid dienone is 2. The van der Waals surface area contributed by atoms with Crippen LogP contribution in [0.5, 0.6) is 0 Å². The molecule has 3 aliphatic carbocycles. The maximum Gasteiger partial charge on any atom is 0.237 e. The van der Waals surface area contributed by atoms with Crippen molar-refractivity contribution in [1.29, 1.82) is 0 Å². The molecule has 3 fully saturated rings. The molecule has 0 unspecified atom stereocenters. The molecule has 1 aromatic rings. The number of halogens is 7. The van der Waals surface area contributed by atoms with Crippen molar-refractivity contribution in [3.05, 3.63) is 39.4 Å². The Morgan fingerprint density at radius 2 is 1.24 bits per heavy atom. The molecule has 1 saturated heterocycles. The minimum Gasteiger partial charge on any atom is -0.274 e. The summed E-state index contributed by atoms with van der Waals surface area (Å²) in [6.07, 6.45) is 0.556. The highest BCUT2D eigenvalue weighted by molar-refractivity contribution is 6.65. The van der Waals surface area contributed by atoms with Crippen molar-refractivity contribution < 1.29 is 9.59 Å². The summed E-state index contributed by atoms with van der Waals surface area (Å²) in [6.45, 7) is 0. The molecule has 0 spiro atoms. The summed E-state index contributed by atoms with van der Waals surface area (Å²) in [5, 5.41) is 0.546. The number of fused-ring (bicyclic) bond motifs is 6. The minimum absolute atomic E-state index is 0.111. The molecule has 5 rings (SSSR count). The number of amides is 2. The Kier molecular flexibility index (Phi) is 4.59. The van der Waals surface area contributed by atoms with E-state index in [0.717, 1.165) is 4.90 Å². The maximum absolute atomic E-state index is 13.2. The number of rotatable bonds is 1. The summed E-state index contributed by atoms with van der Waals surface area (Å²) in [5.41, 5.74) is 0.367. The zero-order chi connectivity index (χ0) is 21.1. The summed E-state index contributed by atoms with van der Waals surface area (Å²) in [5.74, 6) is -2.62. The fourth-order valence-electron chi connectivity index (χ4n) is 5.59. The first-order valence-corrected chi connectivity index (χ1v) is 11.6. The van der Waals surface area contributed by atoms with Gasteiger partial charge in [0.2, 0.25) is 11.8 Å². The monoisotopic (exact) mass is 531 g/mol. The van der Waals surface area contributed by atoms with E-state index in [0.29, 0.717) is 10.7 Å². The van der Waals surface area contributed by atoms with Gasteiger partial charge in [-0.2, -0.15) is 0 Å². The van der Waals surface area contributed by atoms with Crippen molar-refractivity contribution in [3.8, 4) is 0 Å². The van der Waals surface area contributed by atoms with Gasteiger partial charge in [-0.15, -0.1) is 23.2 Å². The molecule has 154 valence electrons. The van der Waals surface area contributed by atoms with Crippen LogP contribution in [0.25, 0.3) is 0 Å². The third-order valence-corrected chi connectivity index (χ3v) is 11.6. The van der Waals surface area contributed by atoms with Crippen LogP contribution in [0.4, 0.5) is 5.69 Å². The van der Waals surface area contributed by atoms with E-state index in [1.165, 1.54) is 0 Å². The van der Waals surface area contributed by atoms with E-state index >= 15 is 0 Å². The first-order valence-electron chi connectivity index (χ1n) is 8.93. The van der Waals surface area contributed by atoms with Crippen LogP contribution in [0.1, 0.15) is 12.8 Å². The molecule has 10 heteroatoms. The molecule has 0 aromatic heterocycles. The lowest BCUT2D eigenvalue weighted by molar-refractivity contribution is -0.122. The summed E-state index contributed by atoms with van der Waals surface area (Å²) in [6, 6.07) is 6.73. The van der Waals surface area contributed by atoms with Gasteiger partial charge in [-0.1, -0.05) is 70.1 Å². The van der Waals surface area contributed by atoms with Crippen molar-refractivity contribution >= 4 is 98.7 Å². The van der Waals surface area contributed by atoms with Crippen LogP contribution in [0.3, 0.4) is 0 Å². The second kappa shape index (κ2) is 6.34. The Bertz CT molecular complexity index is 956. The second-order valence-corrected chi connectivity index (χ2v) is 11.7. The molecule has 0 N–H and O–H groups in total. The van der Waals surface area contributed by atoms with Gasteiger partial charge >= 0.3 is 0 Å². The number of imide groups is 1. The number of carbonyl (C=O) groups is 2. The Balaban J connectivity index is 1.58. The highest BCUT2D eigenvalue weighted by atomic mass is 35.5. The maximum atomic E-state index is 13.2. The topological polar surface area (TPSA) is 37.4 Å². The van der Waals surface area contributed by atoms with Gasteiger partial charge in [-0.3, -0.25) is 9.59 Å². The lowest BCUT2D eigenvalue weighted by atomic mass is 9.65. The van der Waals surface area contributed by atoms with Gasteiger partial charge in [0.1, 0.15) is 9.75 Å². The van der Waals surface area contributed by atoms with Gasteiger partial charge in [-0.25, -0.2) is 4.90 Å². The number of hydrogen-bond donors (Lipinski definition) is 0. The van der Waals surface area contributed by atoms with Gasteiger partial charge in [0.15, 0.2) is 4.33 Å². The fourth-order valence-corrected chi connectivity index (χ4v) is 8.92. The lowest BCUT2D eigenvalue weighted by Gasteiger charge is -2.42. The van der Waals surface area contributed by atoms with Gasteiger partial charge in [0.25, 0.3) is 0 Å². The summed E-state index contributed by atoms with van der Waals surface area (Å²) >= 11 is 46.2. The zero-order valence-electron chi connectivity index (χ0n) is 14.4. The van der Waals surface area contributed by atoms with E-state index in [4.69, 9.17) is 81.2 Å². The number of nitrogens with zero attached hydrogens (tertiary/aromatic N) is 1. The van der Waals surface area contributed by atoms with Gasteiger partial charge in [-0.05, 0) is 36.8 Å². The average molecular weight is 534 g/mol. The predicted molar refractivity (Wildman–Crippen MR) is 117 cm³/mol. The highest BCUT2D eigenvalue weighted by Gasteiger charge is 2.83. The molecule has 2 amide bonds. The molecule has 1 aromatic carbocycles. The van der Waals surface area contributed by atoms with E-state index in [-0.39, 0.29) is 34.7 Å². The number of alkyl halides is 4. The van der Waals surface area contributed by atoms with Gasteiger partial charge < -0.3 is 0 Å². The van der Waals surface area contributed by atoms with Crippen molar-refractivity contribution in [3.63, 3.8) is 0 Å². The van der Waals surface area contributed by atoms with Crippen LogP contribution in [0.2, 0.25) is 5.02 Å². The Hall–Kier alpha value is 0.130. The predicted octanol–water partition coefficient (Wildman–Crippen LogP) is 6.32. The summed E-state index contributed by atoms with van der Waals surface area (Å²) in [7, 11) is 0. The standard InChI is InChI=1S/C19H12Cl7NO2/c20-11-3-1-2-4-12(11)27-15(28)7-5-9-10(6-8(7)16(27)29)18(24)14(22)13(21)17(9,23)19(18,25)26/h1-4,7-10H,5-6H2/t7-,8-,9-,10+,17-,18-/m0/s1. The molecule has 1 aliphatic heterocycles. The third kappa shape index (κ3) is 2.21. The fraction of sp³-hybridized carbons (Fsp3) is 0.474. The highest BCUT2D eigenvalue weighted by Crippen LogP contribution is 2.79. The largest absolute Gasteiger partial charge is 0.274 e. The molecule has 3 nitrogen and oxygen atoms in total. The van der Waals surface area contributed by atoms with Gasteiger partial charge in [0, 0.05) is 0 Å². The Morgan fingerprint density at radius 1 is 0.793 bits per heavy atom. The van der Waals surface area contributed by atoms with Crippen LogP contribution < -0.4 is 4.90 Å². The molecule has 2 saturated carbocycles. The Labute approximate surface area is 202 Å². The van der Waals surface area contributed by atoms with E-state index in [1.807, 2.05) is 0 Å². The van der Waals surface area contributed by atoms with Crippen molar-refractivity contribution in [1.82, 2.24) is 0 Å². The number of anilines is 1. The SMILES string of the molecule is O=C1[C@H]2C[C@@H]3[C@H](C[C@@H]2C(=O)N1c1ccccc1Cl)[C@]1(Cl)C(Cl)=C(Cl)[C@]3(Cl)C1(Cl)Cl. The molecule has 1 heterocycles. The third-order valence-electron chi connectivity index (χ3n) is 6.92. The van der Waals surface area contributed by atoms with Crippen LogP contribution in [-0.2, 0) is 9.59 Å². The number of para-hydroxylation sites is 1. The van der Waals surface area contributed by atoms with Crippen molar-refractivity contribution in [2.45, 2.75) is 26.9 Å². The number of carbonyl (C=O) groups excluding carboxylic acids is 2. The second-order valence-electron chi connectivity index (χ2n) is 7.99. The number of benzene rings is 1. The van der Waals surface area contributed by atoms with E-state index in [9.17, 15) is 9.59 Å². The minimum atomic E-state index is -1.67. The molecule has 6 atom stereocenters. The summed E-state index contributed by atoms with van der Waals surface area (Å²) < 4.78 is -1.67. The molecule has 0 radical (unpaired) electrons. The first kappa shape index (κ1) is 21.0. The van der Waals surface area contributed by atoms with E-state index < -0.39 is 37.8 Å². The zero-order valence-corrected chi connectivity index (χ0v) is 19.7. The molecule has 4 aliphatic rings. The van der Waals surface area contributed by atoms with Crippen molar-refractivity contribution in [2.24, 2.45) is 23.7 Å². The first-order chi connectivity index (χ1) is 13.5. The van der Waals surface area contributed by atoms with Gasteiger partial charge in [0.05, 0.1) is 32.6 Å².